The zero-order valence-corrected chi connectivity index (χ0v) is 7.97. The van der Waals surface area contributed by atoms with E-state index in [1.54, 1.807) is 24.3 Å². The number of hydrogen-bond donors (Lipinski definition) is 3. The van der Waals surface area contributed by atoms with Gasteiger partial charge in [-0.15, -0.1) is 0 Å². The minimum atomic E-state index is 0.0332. The molecule has 0 unspecified atom stereocenters. The molecule has 4 N–H and O–H groups in total. The van der Waals surface area contributed by atoms with Gasteiger partial charge in [0.25, 0.3) is 0 Å². The number of H-pyrrole nitrogens is 1. The Morgan fingerprint density at radius 3 is 2.67 bits per heavy atom. The van der Waals surface area contributed by atoms with E-state index in [1.807, 2.05) is 0 Å². The van der Waals surface area contributed by atoms with Crippen LogP contribution in [0.25, 0.3) is 0 Å². The average molecular weight is 205 g/mol. The molecule has 0 aliphatic heterocycles. The van der Waals surface area contributed by atoms with E-state index in [0.717, 1.165) is 0 Å². The number of anilines is 1. The summed E-state index contributed by atoms with van der Waals surface area (Å²) < 4.78 is 5.40. The van der Waals surface area contributed by atoms with Crippen molar-refractivity contribution in [2.45, 2.75) is 6.61 Å². The monoisotopic (exact) mass is 205 g/mol. The Bertz CT molecular complexity index is 436. The third-order valence-electron chi connectivity index (χ3n) is 1.87. The molecule has 15 heavy (non-hydrogen) atoms. The Kier molecular flexibility index (Phi) is 2.45. The molecule has 1 heterocycles. The normalized spacial score (nSPS) is 10.1. The predicted octanol–water partition coefficient (Wildman–Crippen LogP) is 1.28. The van der Waals surface area contributed by atoms with E-state index in [2.05, 4.69) is 9.97 Å². The molecule has 0 radical (unpaired) electrons. The number of nitrogens with two attached hydrogens (primary N) is 1. The summed E-state index contributed by atoms with van der Waals surface area (Å²) in [6.45, 7) is 0.282. The Labute approximate surface area is 86.5 Å². The number of hydrogen-bond acceptors (Lipinski definition) is 4. The maximum absolute atomic E-state index is 9.00. The van der Waals surface area contributed by atoms with Gasteiger partial charge in [-0.05, 0) is 24.3 Å². The highest BCUT2D eigenvalue weighted by atomic mass is 16.5. The molecular weight excluding hydrogens is 194 g/mol. The number of aromatic amines is 1. The Morgan fingerprint density at radius 2 is 2.07 bits per heavy atom. The number of rotatable bonds is 3. The molecule has 0 aliphatic carbocycles. The zero-order valence-electron chi connectivity index (χ0n) is 7.97. The fourth-order valence-electron chi connectivity index (χ4n) is 1.14. The van der Waals surface area contributed by atoms with Crippen molar-refractivity contribution in [2.24, 2.45) is 0 Å². The third-order valence-corrected chi connectivity index (χ3v) is 1.87. The first-order valence-corrected chi connectivity index (χ1v) is 4.45. The van der Waals surface area contributed by atoms with Gasteiger partial charge in [-0.1, -0.05) is 0 Å². The summed E-state index contributed by atoms with van der Waals surface area (Å²) in [5.41, 5.74) is 6.22. The van der Waals surface area contributed by atoms with Gasteiger partial charge in [0.1, 0.15) is 18.2 Å². The number of nitrogens with zero attached hydrogens (tertiary/aromatic N) is 1. The number of aromatic nitrogens is 2. The van der Waals surface area contributed by atoms with Gasteiger partial charge >= 0.3 is 0 Å². The molecule has 1 aromatic carbocycles. The number of ether oxygens (including phenoxy) is 1. The Morgan fingerprint density at radius 1 is 1.33 bits per heavy atom. The van der Waals surface area contributed by atoms with E-state index < -0.39 is 0 Å². The summed E-state index contributed by atoms with van der Waals surface area (Å²) in [4.78, 5) is 6.55. The van der Waals surface area contributed by atoms with Gasteiger partial charge in [-0.2, -0.15) is 0 Å². The van der Waals surface area contributed by atoms with Gasteiger partial charge in [0, 0.05) is 5.69 Å². The molecule has 0 bridgehead atoms. The van der Waals surface area contributed by atoms with Crippen molar-refractivity contribution in [1.29, 1.82) is 0 Å². The maximum Gasteiger partial charge on any atom is 0.208 e. The highest BCUT2D eigenvalue weighted by molar-refractivity contribution is 5.41. The molecule has 0 atom stereocenters. The number of aromatic hydroxyl groups is 1. The Balaban J connectivity index is 1.96. The second-order valence-corrected chi connectivity index (χ2v) is 3.07. The van der Waals surface area contributed by atoms with Gasteiger partial charge in [-0.25, -0.2) is 4.98 Å². The topological polar surface area (TPSA) is 84.2 Å². The van der Waals surface area contributed by atoms with Gasteiger partial charge in [0.2, 0.25) is 5.88 Å². The Hall–Kier alpha value is -2.17. The summed E-state index contributed by atoms with van der Waals surface area (Å²) in [6.07, 6.45) is 1.33. The summed E-state index contributed by atoms with van der Waals surface area (Å²) >= 11 is 0. The van der Waals surface area contributed by atoms with Crippen LogP contribution in [0.2, 0.25) is 0 Å². The largest absolute Gasteiger partial charge is 0.493 e. The van der Waals surface area contributed by atoms with E-state index >= 15 is 0 Å². The summed E-state index contributed by atoms with van der Waals surface area (Å²) in [5.74, 6) is 1.32. The van der Waals surface area contributed by atoms with E-state index in [4.69, 9.17) is 15.6 Å². The van der Waals surface area contributed by atoms with Crippen LogP contribution >= 0.6 is 0 Å². The maximum atomic E-state index is 9.00. The zero-order chi connectivity index (χ0) is 10.7. The highest BCUT2D eigenvalue weighted by Crippen LogP contribution is 2.14. The van der Waals surface area contributed by atoms with Crippen molar-refractivity contribution in [3.8, 4) is 11.6 Å². The lowest BCUT2D eigenvalue weighted by Crippen LogP contribution is -1.97. The summed E-state index contributed by atoms with van der Waals surface area (Å²) in [6, 6.07) is 7.07. The van der Waals surface area contributed by atoms with Crippen molar-refractivity contribution in [3.05, 3.63) is 36.3 Å². The molecule has 0 spiro atoms. The van der Waals surface area contributed by atoms with Crippen LogP contribution in [0, 0.1) is 0 Å². The third kappa shape index (κ3) is 2.40. The van der Waals surface area contributed by atoms with Crippen LogP contribution in [-0.4, -0.2) is 15.1 Å². The fraction of sp³-hybridized carbons (Fsp3) is 0.100. The molecule has 2 aromatic rings. The first kappa shape index (κ1) is 9.39. The minimum absolute atomic E-state index is 0.0332. The van der Waals surface area contributed by atoms with E-state index in [1.165, 1.54) is 6.20 Å². The van der Waals surface area contributed by atoms with Crippen molar-refractivity contribution >= 4 is 5.69 Å². The molecule has 2 rings (SSSR count). The molecule has 5 nitrogen and oxygen atoms in total. The van der Waals surface area contributed by atoms with E-state index in [-0.39, 0.29) is 12.5 Å². The molecule has 0 saturated heterocycles. The fourth-order valence-corrected chi connectivity index (χ4v) is 1.14. The van der Waals surface area contributed by atoms with Gasteiger partial charge < -0.3 is 20.6 Å². The lowest BCUT2D eigenvalue weighted by molar-refractivity contribution is 0.296. The molecule has 1 aromatic heterocycles. The van der Waals surface area contributed by atoms with Crippen LogP contribution in [0.15, 0.2) is 30.5 Å². The molecule has 0 fully saturated rings. The van der Waals surface area contributed by atoms with E-state index in [9.17, 15) is 0 Å². The minimum Gasteiger partial charge on any atom is -0.493 e. The van der Waals surface area contributed by atoms with Crippen LogP contribution in [0.3, 0.4) is 0 Å². The summed E-state index contributed by atoms with van der Waals surface area (Å²) in [7, 11) is 0. The molecular formula is C10H11N3O2. The number of nitrogens with one attached hydrogen (secondary N) is 1. The van der Waals surface area contributed by atoms with Crippen molar-refractivity contribution in [1.82, 2.24) is 9.97 Å². The first-order chi connectivity index (χ1) is 7.24. The number of nitrogen functional groups attached to an aromatic ring is 1. The molecule has 0 amide bonds. The molecule has 0 saturated carbocycles. The smallest absolute Gasteiger partial charge is 0.208 e. The second-order valence-electron chi connectivity index (χ2n) is 3.07. The van der Waals surface area contributed by atoms with Crippen molar-refractivity contribution < 1.29 is 9.84 Å². The lowest BCUT2D eigenvalue weighted by atomic mass is 10.3. The first-order valence-electron chi connectivity index (χ1n) is 4.45. The van der Waals surface area contributed by atoms with Gasteiger partial charge in [0.05, 0.1) is 6.20 Å². The van der Waals surface area contributed by atoms with Crippen LogP contribution in [-0.2, 0) is 6.61 Å². The molecule has 5 heteroatoms. The standard InChI is InChI=1S/C10H11N3O2/c11-7-1-3-8(4-2-7)15-6-9-12-5-10(14)13-9/h1-5,14H,6,11H2,(H,12,13). The molecule has 0 aliphatic rings. The second kappa shape index (κ2) is 3.91. The number of benzene rings is 1. The highest BCUT2D eigenvalue weighted by Gasteiger charge is 1.99. The lowest BCUT2D eigenvalue weighted by Gasteiger charge is -2.03. The molecule has 78 valence electrons. The van der Waals surface area contributed by atoms with Gasteiger partial charge in [0.15, 0.2) is 0 Å². The average Bonchev–Trinajstić information content (AvgIpc) is 2.64. The van der Waals surface area contributed by atoms with Crippen LogP contribution in [0.4, 0.5) is 5.69 Å². The predicted molar refractivity (Wildman–Crippen MR) is 55.4 cm³/mol. The SMILES string of the molecule is Nc1ccc(OCc2ncc(O)[nH]2)cc1. The van der Waals surface area contributed by atoms with Crippen LogP contribution in [0.5, 0.6) is 11.6 Å². The van der Waals surface area contributed by atoms with Crippen molar-refractivity contribution in [3.63, 3.8) is 0 Å². The van der Waals surface area contributed by atoms with Crippen LogP contribution < -0.4 is 10.5 Å². The van der Waals surface area contributed by atoms with E-state index in [0.29, 0.717) is 17.3 Å². The van der Waals surface area contributed by atoms with Crippen molar-refractivity contribution in [2.75, 3.05) is 5.73 Å². The quantitative estimate of drug-likeness (QED) is 0.659. The van der Waals surface area contributed by atoms with Crippen LogP contribution in [0.1, 0.15) is 5.82 Å². The number of imidazole rings is 1. The van der Waals surface area contributed by atoms with Gasteiger partial charge in [-0.3, -0.25) is 0 Å². The summed E-state index contributed by atoms with van der Waals surface area (Å²) in [5, 5.41) is 9.00.